The van der Waals surface area contributed by atoms with E-state index >= 15 is 0 Å². The van der Waals surface area contributed by atoms with E-state index in [4.69, 9.17) is 5.73 Å². The summed E-state index contributed by atoms with van der Waals surface area (Å²) in [5, 5.41) is 0. The first-order valence-corrected chi connectivity index (χ1v) is 5.03. The lowest BCUT2D eigenvalue weighted by molar-refractivity contribution is -0.140. The third-order valence-electron chi connectivity index (χ3n) is 2.09. The van der Waals surface area contributed by atoms with Gasteiger partial charge in [-0.1, -0.05) is 19.8 Å². The van der Waals surface area contributed by atoms with E-state index in [9.17, 15) is 4.79 Å². The molecule has 0 amide bonds. The normalized spacial score (nSPS) is 12.5. The van der Waals surface area contributed by atoms with E-state index in [1.165, 1.54) is 7.11 Å². The molecule has 0 heterocycles. The summed E-state index contributed by atoms with van der Waals surface area (Å²) in [5.74, 6) is -0.121. The predicted molar refractivity (Wildman–Crippen MR) is 53.4 cm³/mol. The highest BCUT2D eigenvalue weighted by Gasteiger charge is 2.02. The lowest BCUT2D eigenvalue weighted by Gasteiger charge is -2.08. The first-order chi connectivity index (χ1) is 6.20. The molecule has 1 atom stereocenters. The molecule has 0 bridgehead atoms. The Balaban J connectivity index is 3.20. The van der Waals surface area contributed by atoms with E-state index in [0.717, 1.165) is 32.1 Å². The Labute approximate surface area is 80.6 Å². The average molecular weight is 187 g/mol. The summed E-state index contributed by atoms with van der Waals surface area (Å²) in [6, 6.07) is 0.308. The first-order valence-electron chi connectivity index (χ1n) is 5.03. The lowest BCUT2D eigenvalue weighted by Crippen LogP contribution is -2.19. The maximum Gasteiger partial charge on any atom is 0.305 e. The second-order valence-electron chi connectivity index (χ2n) is 3.37. The molecule has 0 aromatic heterocycles. The zero-order valence-corrected chi connectivity index (χ0v) is 8.71. The van der Waals surface area contributed by atoms with Gasteiger partial charge in [0.1, 0.15) is 0 Å². The van der Waals surface area contributed by atoms with E-state index in [1.54, 1.807) is 0 Å². The van der Waals surface area contributed by atoms with Crippen LogP contribution in [0.3, 0.4) is 0 Å². The number of rotatable bonds is 7. The number of carbonyl (C=O) groups is 1. The molecule has 0 saturated heterocycles. The van der Waals surface area contributed by atoms with Crippen LogP contribution in [0.4, 0.5) is 0 Å². The fourth-order valence-electron chi connectivity index (χ4n) is 1.29. The van der Waals surface area contributed by atoms with Crippen LogP contribution in [0, 0.1) is 0 Å². The molecule has 0 aliphatic rings. The summed E-state index contributed by atoms with van der Waals surface area (Å²) in [6.45, 7) is 2.13. The first kappa shape index (κ1) is 12.4. The second kappa shape index (κ2) is 8.05. The van der Waals surface area contributed by atoms with Crippen molar-refractivity contribution < 1.29 is 9.53 Å². The molecule has 3 nitrogen and oxygen atoms in total. The zero-order chi connectivity index (χ0) is 10.1. The molecule has 0 aromatic carbocycles. The quantitative estimate of drug-likeness (QED) is 0.489. The molecule has 13 heavy (non-hydrogen) atoms. The zero-order valence-electron chi connectivity index (χ0n) is 8.71. The predicted octanol–water partition coefficient (Wildman–Crippen LogP) is 1.85. The van der Waals surface area contributed by atoms with Crippen LogP contribution in [0.2, 0.25) is 0 Å². The van der Waals surface area contributed by atoms with Crippen molar-refractivity contribution in [2.24, 2.45) is 5.73 Å². The lowest BCUT2D eigenvalue weighted by atomic mass is 10.1. The van der Waals surface area contributed by atoms with Gasteiger partial charge in [-0.3, -0.25) is 4.79 Å². The van der Waals surface area contributed by atoms with E-state index < -0.39 is 0 Å². The highest BCUT2D eigenvalue weighted by Crippen LogP contribution is 2.06. The molecule has 3 heteroatoms. The van der Waals surface area contributed by atoms with Crippen molar-refractivity contribution in [1.82, 2.24) is 0 Å². The SMILES string of the molecule is CCCC(N)CCCCC(=O)OC. The Kier molecular flexibility index (Phi) is 7.69. The average Bonchev–Trinajstić information content (AvgIpc) is 2.12. The number of methoxy groups -OCH3 is 1. The van der Waals surface area contributed by atoms with Crippen LogP contribution < -0.4 is 5.73 Å². The molecule has 0 aliphatic carbocycles. The van der Waals surface area contributed by atoms with Crippen LogP contribution in [0.1, 0.15) is 45.4 Å². The Hall–Kier alpha value is -0.570. The van der Waals surface area contributed by atoms with Gasteiger partial charge in [-0.15, -0.1) is 0 Å². The van der Waals surface area contributed by atoms with Crippen molar-refractivity contribution in [3.63, 3.8) is 0 Å². The van der Waals surface area contributed by atoms with Gasteiger partial charge in [0.05, 0.1) is 7.11 Å². The van der Waals surface area contributed by atoms with Crippen molar-refractivity contribution in [2.45, 2.75) is 51.5 Å². The summed E-state index contributed by atoms with van der Waals surface area (Å²) >= 11 is 0. The van der Waals surface area contributed by atoms with Crippen LogP contribution in [0.5, 0.6) is 0 Å². The summed E-state index contributed by atoms with van der Waals surface area (Å²) in [5.41, 5.74) is 5.82. The molecule has 2 N–H and O–H groups in total. The Bertz CT molecular complexity index is 137. The molecule has 0 fully saturated rings. The van der Waals surface area contributed by atoms with Gasteiger partial charge >= 0.3 is 5.97 Å². The van der Waals surface area contributed by atoms with Crippen molar-refractivity contribution in [3.8, 4) is 0 Å². The number of nitrogens with two attached hydrogens (primary N) is 1. The summed E-state index contributed by atoms with van der Waals surface area (Å²) in [4.78, 5) is 10.7. The Morgan fingerprint density at radius 3 is 2.62 bits per heavy atom. The van der Waals surface area contributed by atoms with Gasteiger partial charge < -0.3 is 10.5 Å². The number of hydrogen-bond donors (Lipinski definition) is 1. The van der Waals surface area contributed by atoms with Crippen LogP contribution in [-0.2, 0) is 9.53 Å². The number of ether oxygens (including phenoxy) is 1. The molecular weight excluding hydrogens is 166 g/mol. The van der Waals surface area contributed by atoms with Gasteiger partial charge in [0.15, 0.2) is 0 Å². The van der Waals surface area contributed by atoms with Gasteiger partial charge in [0.25, 0.3) is 0 Å². The van der Waals surface area contributed by atoms with Crippen molar-refractivity contribution in [2.75, 3.05) is 7.11 Å². The van der Waals surface area contributed by atoms with Crippen LogP contribution in [0.15, 0.2) is 0 Å². The maximum atomic E-state index is 10.7. The minimum atomic E-state index is -0.121. The summed E-state index contributed by atoms with van der Waals surface area (Å²) in [6.07, 6.45) is 5.68. The number of carbonyl (C=O) groups excluding carboxylic acids is 1. The summed E-state index contributed by atoms with van der Waals surface area (Å²) < 4.78 is 4.53. The Morgan fingerprint density at radius 1 is 1.38 bits per heavy atom. The third kappa shape index (κ3) is 7.78. The van der Waals surface area contributed by atoms with Crippen molar-refractivity contribution in [3.05, 3.63) is 0 Å². The Morgan fingerprint density at radius 2 is 2.08 bits per heavy atom. The molecule has 0 spiro atoms. The smallest absolute Gasteiger partial charge is 0.305 e. The summed E-state index contributed by atoms with van der Waals surface area (Å²) in [7, 11) is 1.42. The van der Waals surface area contributed by atoms with E-state index in [0.29, 0.717) is 12.5 Å². The van der Waals surface area contributed by atoms with Crippen LogP contribution in [0.25, 0.3) is 0 Å². The molecule has 0 rings (SSSR count). The van der Waals surface area contributed by atoms with Crippen LogP contribution in [-0.4, -0.2) is 19.1 Å². The molecule has 0 aromatic rings. The van der Waals surface area contributed by atoms with Gasteiger partial charge in [-0.05, 0) is 19.3 Å². The number of hydrogen-bond acceptors (Lipinski definition) is 3. The highest BCUT2D eigenvalue weighted by molar-refractivity contribution is 5.68. The van der Waals surface area contributed by atoms with Gasteiger partial charge in [0.2, 0.25) is 0 Å². The van der Waals surface area contributed by atoms with Crippen molar-refractivity contribution >= 4 is 5.97 Å². The van der Waals surface area contributed by atoms with Crippen molar-refractivity contribution in [1.29, 1.82) is 0 Å². The number of esters is 1. The number of unbranched alkanes of at least 4 members (excludes halogenated alkanes) is 1. The standard InChI is InChI=1S/C10H21NO2/c1-3-6-9(11)7-4-5-8-10(12)13-2/h9H,3-8,11H2,1-2H3. The molecule has 0 aliphatic heterocycles. The molecule has 0 radical (unpaired) electrons. The minimum Gasteiger partial charge on any atom is -0.469 e. The van der Waals surface area contributed by atoms with E-state index in [2.05, 4.69) is 11.7 Å². The highest BCUT2D eigenvalue weighted by atomic mass is 16.5. The van der Waals surface area contributed by atoms with E-state index in [-0.39, 0.29) is 5.97 Å². The largest absolute Gasteiger partial charge is 0.469 e. The fourth-order valence-corrected chi connectivity index (χ4v) is 1.29. The minimum absolute atomic E-state index is 0.121. The maximum absolute atomic E-state index is 10.7. The van der Waals surface area contributed by atoms with Gasteiger partial charge in [0, 0.05) is 12.5 Å². The monoisotopic (exact) mass is 187 g/mol. The van der Waals surface area contributed by atoms with E-state index in [1.807, 2.05) is 0 Å². The van der Waals surface area contributed by atoms with Gasteiger partial charge in [-0.2, -0.15) is 0 Å². The van der Waals surface area contributed by atoms with Gasteiger partial charge in [-0.25, -0.2) is 0 Å². The van der Waals surface area contributed by atoms with Crippen LogP contribution >= 0.6 is 0 Å². The molecular formula is C10H21NO2. The molecule has 0 saturated carbocycles. The second-order valence-corrected chi connectivity index (χ2v) is 3.37. The molecule has 1 unspecified atom stereocenters. The topological polar surface area (TPSA) is 52.3 Å². The fraction of sp³-hybridized carbons (Fsp3) is 0.900. The molecule has 78 valence electrons. The third-order valence-corrected chi connectivity index (χ3v) is 2.09.